The van der Waals surface area contributed by atoms with Gasteiger partial charge in [0, 0.05) is 92.1 Å². The Morgan fingerprint density at radius 1 is 0.917 bits per heavy atom. The fourth-order valence-electron chi connectivity index (χ4n) is 9.03. The normalized spacial score (nSPS) is 25.2. The molecule has 9 rings (SSSR count). The van der Waals surface area contributed by atoms with Gasteiger partial charge in [0.1, 0.15) is 5.75 Å². The third-order valence-corrected chi connectivity index (χ3v) is 12.0. The first-order valence-electron chi connectivity index (χ1n) is 16.3. The maximum atomic E-state index is 14.4. The molecule has 11 nitrogen and oxygen atoms in total. The van der Waals surface area contributed by atoms with E-state index < -0.39 is 16.9 Å². The summed E-state index contributed by atoms with van der Waals surface area (Å²) in [5, 5.41) is 12.7. The van der Waals surface area contributed by atoms with Crippen LogP contribution in [0.1, 0.15) is 53.4 Å². The average molecular weight is 694 g/mol. The van der Waals surface area contributed by atoms with E-state index in [0.717, 1.165) is 33.0 Å². The number of phenols is 1. The van der Waals surface area contributed by atoms with Crippen LogP contribution in [0.4, 0.5) is 16.2 Å². The van der Waals surface area contributed by atoms with Crippen LogP contribution in [0.15, 0.2) is 24.5 Å². The van der Waals surface area contributed by atoms with E-state index in [0.29, 0.717) is 85.4 Å². The number of nitrogens with zero attached hydrogens (tertiary/aromatic N) is 3. The first-order valence-corrected chi connectivity index (χ1v) is 17.4. The lowest BCUT2D eigenvalue weighted by Gasteiger charge is -2.69. The number of alkyl halides is 2. The van der Waals surface area contributed by atoms with Gasteiger partial charge in [0.05, 0.1) is 33.2 Å². The molecule has 5 N–H and O–H groups in total. The van der Waals surface area contributed by atoms with Crippen molar-refractivity contribution in [2.24, 2.45) is 16.6 Å². The maximum Gasteiger partial charge on any atom is 0.415 e. The van der Waals surface area contributed by atoms with E-state index in [1.165, 1.54) is 4.90 Å². The smallest absolute Gasteiger partial charge is 0.415 e. The molecule has 4 aromatic rings. The number of H-pyrrole nitrogens is 2. The van der Waals surface area contributed by atoms with Crippen molar-refractivity contribution >= 4 is 74.3 Å². The standard InChI is InChI=1S/C35H38Cl2N6O5/c1-17-10-39-29-23(44)6-21-27(25(17)29)19(8-36)12-42(21)31(45)34-14-35(15-34,16-34)32(46)43-13-20(9-37)28-22(43)7-24(30-26(28)18(2)11-40-30)48-33(47)41(3)5-4-38/h6-7,10-11,19-20,39-40,44H,4-5,8-9,12-16,38H2,1-3H3/t19-,20-,34?,35?/m1/s1. The van der Waals surface area contributed by atoms with Gasteiger partial charge < -0.3 is 40.2 Å². The number of ether oxygens (including phenoxy) is 1. The number of fused-ring (bicyclic) bond motifs is 6. The molecule has 3 fully saturated rings. The summed E-state index contributed by atoms with van der Waals surface area (Å²) in [6.07, 6.45) is 4.56. The van der Waals surface area contributed by atoms with Gasteiger partial charge in [-0.05, 0) is 55.4 Å². The van der Waals surface area contributed by atoms with E-state index in [4.69, 9.17) is 33.7 Å². The van der Waals surface area contributed by atoms with E-state index in [9.17, 15) is 19.5 Å². The molecule has 2 bridgehead atoms. The number of aromatic nitrogens is 2. The zero-order valence-corrected chi connectivity index (χ0v) is 28.6. The van der Waals surface area contributed by atoms with Crippen molar-refractivity contribution in [2.45, 2.75) is 44.9 Å². The molecule has 3 aliphatic carbocycles. The van der Waals surface area contributed by atoms with Crippen molar-refractivity contribution < 1.29 is 24.2 Å². The molecule has 252 valence electrons. The molecule has 0 radical (unpaired) electrons. The number of halogens is 2. The number of phenolic OH excluding ortho intramolecular Hbond substituents is 1. The van der Waals surface area contributed by atoms with Crippen LogP contribution in [0.5, 0.6) is 11.5 Å². The molecule has 2 aromatic carbocycles. The lowest BCUT2D eigenvalue weighted by atomic mass is 9.34. The number of carbonyl (C=O) groups excluding carboxylic acids is 3. The summed E-state index contributed by atoms with van der Waals surface area (Å²) < 4.78 is 5.85. The van der Waals surface area contributed by atoms with Crippen molar-refractivity contribution in [1.29, 1.82) is 0 Å². The second-order valence-electron chi connectivity index (χ2n) is 14.3. The summed E-state index contributed by atoms with van der Waals surface area (Å²) in [5.74, 6) is 0.885. The largest absolute Gasteiger partial charge is 0.506 e. The number of amides is 3. The number of benzene rings is 2. The van der Waals surface area contributed by atoms with Crippen molar-refractivity contribution in [3.8, 4) is 11.5 Å². The van der Waals surface area contributed by atoms with Crippen LogP contribution in [0, 0.1) is 24.7 Å². The van der Waals surface area contributed by atoms with Crippen molar-refractivity contribution in [3.63, 3.8) is 0 Å². The van der Waals surface area contributed by atoms with Crippen LogP contribution in [-0.2, 0) is 9.59 Å². The Morgan fingerprint density at radius 2 is 1.42 bits per heavy atom. The summed E-state index contributed by atoms with van der Waals surface area (Å²) in [5.41, 5.74) is 11.0. The number of rotatable bonds is 7. The van der Waals surface area contributed by atoms with Crippen molar-refractivity contribution in [2.75, 3.05) is 54.8 Å². The number of hydrogen-bond acceptors (Lipinski definition) is 6. The fraction of sp³-hybridized carbons (Fsp3) is 0.457. The minimum absolute atomic E-state index is 0.0149. The van der Waals surface area contributed by atoms with Gasteiger partial charge in [-0.25, -0.2) is 4.79 Å². The average Bonchev–Trinajstić information content (AvgIpc) is 3.79. The molecule has 0 unspecified atom stereocenters. The zero-order chi connectivity index (χ0) is 33.9. The molecular formula is C35H38Cl2N6O5. The number of likely N-dealkylation sites (N-methyl/N-ethyl adjacent to an activating group) is 1. The highest BCUT2D eigenvalue weighted by Crippen LogP contribution is 2.75. The van der Waals surface area contributed by atoms with Gasteiger partial charge in [-0.15, -0.1) is 23.2 Å². The Kier molecular flexibility index (Phi) is 7.04. The summed E-state index contributed by atoms with van der Waals surface area (Å²) in [7, 11) is 1.63. The fourth-order valence-corrected chi connectivity index (χ4v) is 9.53. The van der Waals surface area contributed by atoms with Gasteiger partial charge >= 0.3 is 6.09 Å². The molecule has 2 aromatic heterocycles. The Morgan fingerprint density at radius 3 is 1.94 bits per heavy atom. The van der Waals surface area contributed by atoms with Crippen LogP contribution < -0.4 is 20.3 Å². The molecule has 3 amide bonds. The number of aromatic hydroxyl groups is 1. The first-order chi connectivity index (χ1) is 23.0. The SMILES string of the molecule is Cc1c[nH]c2c(O)cc3c(c12)[C@H](CCl)CN3C(=O)C12CC(C(=O)N3C[C@@H](CCl)c4c3cc(OC(=O)N(C)CCN)c3[nH]cc(C)c43)(C1)C2. The molecule has 48 heavy (non-hydrogen) atoms. The lowest BCUT2D eigenvalue weighted by molar-refractivity contribution is -0.204. The van der Waals surface area contributed by atoms with Gasteiger partial charge in [0.15, 0.2) is 5.75 Å². The van der Waals surface area contributed by atoms with E-state index >= 15 is 0 Å². The van der Waals surface area contributed by atoms with E-state index in [1.807, 2.05) is 26.2 Å². The van der Waals surface area contributed by atoms with Crippen molar-refractivity contribution in [3.05, 3.63) is 46.8 Å². The van der Waals surface area contributed by atoms with Crippen LogP contribution >= 0.6 is 23.2 Å². The summed E-state index contributed by atoms with van der Waals surface area (Å²) in [6.45, 7) is 5.44. The molecule has 0 spiro atoms. The number of aromatic amines is 2. The van der Waals surface area contributed by atoms with Gasteiger partial charge in [-0.1, -0.05) is 0 Å². The number of nitrogens with one attached hydrogen (secondary N) is 2. The molecule has 0 saturated heterocycles. The van der Waals surface area contributed by atoms with Gasteiger partial charge in [-0.3, -0.25) is 9.59 Å². The zero-order valence-electron chi connectivity index (χ0n) is 27.1. The number of hydrogen-bond donors (Lipinski definition) is 4. The van der Waals surface area contributed by atoms with Gasteiger partial charge in [0.2, 0.25) is 11.8 Å². The van der Waals surface area contributed by atoms with Crippen LogP contribution in [0.2, 0.25) is 0 Å². The number of nitrogens with two attached hydrogens (primary N) is 1. The minimum atomic E-state index is -0.647. The quantitative estimate of drug-likeness (QED) is 0.186. The second kappa shape index (κ2) is 10.8. The molecule has 2 aliphatic heterocycles. The molecule has 13 heteroatoms. The Hall–Kier alpha value is -3.93. The van der Waals surface area contributed by atoms with Crippen LogP contribution in [-0.4, -0.2) is 82.9 Å². The Labute approximate surface area is 287 Å². The molecular weight excluding hydrogens is 655 g/mol. The molecule has 2 atom stereocenters. The van der Waals surface area contributed by atoms with Gasteiger partial charge in [-0.2, -0.15) is 0 Å². The Balaban J connectivity index is 1.08. The summed E-state index contributed by atoms with van der Waals surface area (Å²) in [4.78, 5) is 53.0. The Bertz CT molecular complexity index is 2030. The predicted octanol–water partition coefficient (Wildman–Crippen LogP) is 5.57. The monoisotopic (exact) mass is 692 g/mol. The first kappa shape index (κ1) is 31.3. The third-order valence-electron chi connectivity index (χ3n) is 11.3. The predicted molar refractivity (Wildman–Crippen MR) is 186 cm³/mol. The van der Waals surface area contributed by atoms with E-state index in [-0.39, 0.29) is 29.4 Å². The highest BCUT2D eigenvalue weighted by Gasteiger charge is 2.76. The topological polar surface area (TPSA) is 148 Å². The highest BCUT2D eigenvalue weighted by atomic mass is 35.5. The molecule has 4 heterocycles. The number of carbonyl (C=O) groups is 3. The highest BCUT2D eigenvalue weighted by molar-refractivity contribution is 6.20. The van der Waals surface area contributed by atoms with E-state index in [1.54, 1.807) is 29.0 Å². The summed E-state index contributed by atoms with van der Waals surface area (Å²) >= 11 is 13.0. The number of aryl methyl sites for hydroxylation is 2. The summed E-state index contributed by atoms with van der Waals surface area (Å²) in [6, 6.07) is 3.43. The second-order valence-corrected chi connectivity index (χ2v) is 14.9. The lowest BCUT2D eigenvalue weighted by Crippen LogP contribution is -2.73. The molecule has 3 saturated carbocycles. The maximum absolute atomic E-state index is 14.4. The van der Waals surface area contributed by atoms with Gasteiger partial charge in [0.25, 0.3) is 0 Å². The molecule has 5 aliphatic rings. The minimum Gasteiger partial charge on any atom is -0.506 e. The van der Waals surface area contributed by atoms with Crippen LogP contribution in [0.25, 0.3) is 21.8 Å². The van der Waals surface area contributed by atoms with E-state index in [2.05, 4.69) is 9.97 Å². The van der Waals surface area contributed by atoms with Crippen LogP contribution in [0.3, 0.4) is 0 Å². The third kappa shape index (κ3) is 4.13. The van der Waals surface area contributed by atoms with Crippen molar-refractivity contribution in [1.82, 2.24) is 14.9 Å². The number of anilines is 2.